The Morgan fingerprint density at radius 3 is 2.12 bits per heavy atom. The maximum Gasteiger partial charge on any atom is 0.266 e. The fraction of sp³-hybridized carbons (Fsp3) is 0.156. The molecule has 40 heavy (non-hydrogen) atoms. The number of benzene rings is 4. The number of halogens is 2. The fourth-order valence-electron chi connectivity index (χ4n) is 4.95. The Labute approximate surface area is 231 Å². The van der Waals surface area contributed by atoms with Crippen LogP contribution in [-0.2, 0) is 23.4 Å². The molecule has 0 aliphatic carbocycles. The lowest BCUT2D eigenvalue weighted by Gasteiger charge is -2.27. The summed E-state index contributed by atoms with van der Waals surface area (Å²) in [6, 6.07) is 27.8. The van der Waals surface area contributed by atoms with Crippen LogP contribution in [0.5, 0.6) is 0 Å². The lowest BCUT2D eigenvalue weighted by atomic mass is 9.83. The van der Waals surface area contributed by atoms with Crippen LogP contribution in [0, 0.1) is 11.6 Å². The van der Waals surface area contributed by atoms with Crippen molar-refractivity contribution in [2.45, 2.75) is 25.6 Å². The molecule has 0 saturated carbocycles. The highest BCUT2D eigenvalue weighted by Crippen LogP contribution is 2.40. The van der Waals surface area contributed by atoms with Crippen LogP contribution in [0.15, 0.2) is 108 Å². The average molecular weight is 539 g/mol. The van der Waals surface area contributed by atoms with Crippen LogP contribution in [0.25, 0.3) is 0 Å². The highest BCUT2D eigenvalue weighted by atomic mass is 19.1. The van der Waals surface area contributed by atoms with E-state index in [0.29, 0.717) is 35.3 Å². The second-order valence-electron chi connectivity index (χ2n) is 9.59. The van der Waals surface area contributed by atoms with E-state index in [-0.39, 0.29) is 30.1 Å². The topological polar surface area (TPSA) is 79.0 Å². The van der Waals surface area contributed by atoms with Crippen LogP contribution in [0.1, 0.15) is 39.5 Å². The van der Waals surface area contributed by atoms with Crippen LogP contribution >= 0.6 is 0 Å². The summed E-state index contributed by atoms with van der Waals surface area (Å²) >= 11 is 0. The monoisotopic (exact) mass is 538 g/mol. The molecule has 1 heterocycles. The second kappa shape index (κ2) is 11.1. The second-order valence-corrected chi connectivity index (χ2v) is 9.59. The number of guanidine groups is 1. The van der Waals surface area contributed by atoms with Gasteiger partial charge in [-0.05, 0) is 65.6 Å². The minimum absolute atomic E-state index is 0.0291. The van der Waals surface area contributed by atoms with Crippen molar-refractivity contribution in [1.82, 2.24) is 9.80 Å². The van der Waals surface area contributed by atoms with E-state index in [1.54, 1.807) is 59.5 Å². The Morgan fingerprint density at radius 1 is 0.850 bits per heavy atom. The molecule has 0 aromatic heterocycles. The molecule has 0 saturated heterocycles. The summed E-state index contributed by atoms with van der Waals surface area (Å²) in [5.41, 5.74) is 7.96. The van der Waals surface area contributed by atoms with Crippen LogP contribution in [0.4, 0.5) is 8.78 Å². The molecule has 1 atom stereocenters. The molecule has 0 fully saturated rings. The zero-order chi connectivity index (χ0) is 28.3. The van der Waals surface area contributed by atoms with E-state index >= 15 is 0 Å². The third-order valence-corrected chi connectivity index (χ3v) is 7.04. The Kier molecular flexibility index (Phi) is 7.42. The third-order valence-electron chi connectivity index (χ3n) is 7.04. The number of aliphatic imine (C=N–C) groups is 1. The highest BCUT2D eigenvalue weighted by Gasteiger charge is 2.50. The van der Waals surface area contributed by atoms with Crippen molar-refractivity contribution in [3.05, 3.63) is 143 Å². The summed E-state index contributed by atoms with van der Waals surface area (Å²) in [7, 11) is 0. The van der Waals surface area contributed by atoms with Gasteiger partial charge in [-0.2, -0.15) is 0 Å². The van der Waals surface area contributed by atoms with Gasteiger partial charge in [0.25, 0.3) is 11.8 Å². The number of amides is 2. The summed E-state index contributed by atoms with van der Waals surface area (Å²) < 4.78 is 27.1. The van der Waals surface area contributed by atoms with Crippen LogP contribution in [-0.4, -0.2) is 34.1 Å². The maximum absolute atomic E-state index is 14.1. The zero-order valence-corrected chi connectivity index (χ0v) is 21.9. The lowest BCUT2D eigenvalue weighted by molar-refractivity contribution is -0.130. The summed E-state index contributed by atoms with van der Waals surface area (Å²) in [5, 5.41) is 0. The quantitative estimate of drug-likeness (QED) is 0.334. The molecule has 1 aliphatic rings. The van der Waals surface area contributed by atoms with E-state index in [1.807, 2.05) is 31.2 Å². The van der Waals surface area contributed by atoms with E-state index < -0.39 is 11.4 Å². The van der Waals surface area contributed by atoms with Gasteiger partial charge in [0.05, 0.1) is 6.54 Å². The van der Waals surface area contributed by atoms with Crippen molar-refractivity contribution in [3.63, 3.8) is 0 Å². The normalized spacial score (nSPS) is 16.6. The molecule has 202 valence electrons. The molecular formula is C32H28F2N4O2. The molecule has 6 nitrogen and oxygen atoms in total. The molecule has 1 unspecified atom stereocenters. The molecule has 2 N–H and O–H groups in total. The lowest BCUT2D eigenvalue weighted by Crippen LogP contribution is -2.43. The smallest absolute Gasteiger partial charge is 0.266 e. The minimum atomic E-state index is -1.46. The van der Waals surface area contributed by atoms with E-state index in [0.717, 1.165) is 5.56 Å². The van der Waals surface area contributed by atoms with Gasteiger partial charge >= 0.3 is 0 Å². The van der Waals surface area contributed by atoms with Gasteiger partial charge in [-0.3, -0.25) is 14.5 Å². The number of nitrogens with two attached hydrogens (primary N) is 1. The van der Waals surface area contributed by atoms with Gasteiger partial charge in [0.1, 0.15) is 11.6 Å². The van der Waals surface area contributed by atoms with Crippen molar-refractivity contribution in [3.8, 4) is 0 Å². The Morgan fingerprint density at radius 2 is 1.48 bits per heavy atom. The minimum Gasteiger partial charge on any atom is -0.369 e. The van der Waals surface area contributed by atoms with Crippen molar-refractivity contribution in [2.24, 2.45) is 10.7 Å². The van der Waals surface area contributed by atoms with Crippen molar-refractivity contribution < 1.29 is 18.4 Å². The largest absolute Gasteiger partial charge is 0.369 e. The summed E-state index contributed by atoms with van der Waals surface area (Å²) in [6.45, 7) is 2.77. The van der Waals surface area contributed by atoms with E-state index in [9.17, 15) is 18.4 Å². The Hall–Kier alpha value is -4.85. The van der Waals surface area contributed by atoms with Crippen LogP contribution in [0.3, 0.4) is 0 Å². The predicted molar refractivity (Wildman–Crippen MR) is 149 cm³/mol. The molecule has 2 amide bonds. The Balaban J connectivity index is 1.42. The van der Waals surface area contributed by atoms with Gasteiger partial charge < -0.3 is 10.6 Å². The van der Waals surface area contributed by atoms with E-state index in [1.165, 1.54) is 29.2 Å². The van der Waals surface area contributed by atoms with Crippen molar-refractivity contribution in [1.29, 1.82) is 0 Å². The number of nitrogens with zero attached hydrogens (tertiary/aromatic N) is 3. The third kappa shape index (κ3) is 5.08. The molecular weight excluding hydrogens is 510 g/mol. The molecule has 0 radical (unpaired) electrons. The number of carbonyl (C=O) groups excluding carboxylic acids is 2. The van der Waals surface area contributed by atoms with Gasteiger partial charge in [-0.25, -0.2) is 13.8 Å². The maximum atomic E-state index is 14.1. The standard InChI is InChI=1S/C32H28F2N4O2/c1-2-37(20-22-11-15-27(33)16-12-22)29(39)24-8-6-7-23(19-24)21-38-30(40)32(36-31(38)35,25-9-4-3-5-10-25)26-13-17-28(34)18-14-26/h3-19H,2,20-21H2,1H3,(H2,35,36). The first kappa shape index (κ1) is 26.7. The number of hydrogen-bond acceptors (Lipinski definition) is 4. The first-order valence-electron chi connectivity index (χ1n) is 12.9. The molecule has 8 heteroatoms. The molecule has 5 rings (SSSR count). The van der Waals surface area contributed by atoms with E-state index in [2.05, 4.69) is 4.99 Å². The SMILES string of the molecule is CCN(Cc1ccc(F)cc1)C(=O)c1cccc(CN2C(=O)C(c3ccccc3)(c3ccc(F)cc3)N=C2N)c1. The van der Waals surface area contributed by atoms with Gasteiger partial charge in [-0.15, -0.1) is 0 Å². The van der Waals surface area contributed by atoms with Gasteiger partial charge in [0, 0.05) is 18.7 Å². The molecule has 4 aromatic rings. The van der Waals surface area contributed by atoms with Crippen molar-refractivity contribution in [2.75, 3.05) is 6.54 Å². The fourth-order valence-corrected chi connectivity index (χ4v) is 4.95. The number of hydrogen-bond donors (Lipinski definition) is 1. The van der Waals surface area contributed by atoms with Gasteiger partial charge in [-0.1, -0.05) is 66.7 Å². The Bertz CT molecular complexity index is 1560. The summed E-state index contributed by atoms with van der Waals surface area (Å²) in [6.07, 6.45) is 0. The van der Waals surface area contributed by atoms with Crippen LogP contribution < -0.4 is 5.73 Å². The number of carbonyl (C=O) groups is 2. The van der Waals surface area contributed by atoms with Gasteiger partial charge in [0.2, 0.25) is 0 Å². The van der Waals surface area contributed by atoms with Gasteiger partial charge in [0.15, 0.2) is 11.5 Å². The molecule has 4 aromatic carbocycles. The average Bonchev–Trinajstić information content (AvgIpc) is 3.23. The highest BCUT2D eigenvalue weighted by molar-refractivity contribution is 6.09. The molecule has 0 spiro atoms. The first-order valence-corrected chi connectivity index (χ1v) is 12.9. The van der Waals surface area contributed by atoms with Crippen molar-refractivity contribution >= 4 is 17.8 Å². The zero-order valence-electron chi connectivity index (χ0n) is 21.9. The number of rotatable bonds is 8. The predicted octanol–water partition coefficient (Wildman–Crippen LogP) is 5.23. The summed E-state index contributed by atoms with van der Waals surface area (Å²) in [4.78, 5) is 35.1. The summed E-state index contributed by atoms with van der Waals surface area (Å²) in [5.74, 6) is -1.28. The first-order chi connectivity index (χ1) is 19.3. The van der Waals surface area contributed by atoms with Crippen LogP contribution in [0.2, 0.25) is 0 Å². The molecule has 0 bridgehead atoms. The molecule has 1 aliphatic heterocycles. The van der Waals surface area contributed by atoms with E-state index in [4.69, 9.17) is 5.73 Å².